The maximum Gasteiger partial charge on any atom is 0.416 e. The fraction of sp³-hybridized carbons (Fsp3) is 0.500. The van der Waals surface area contributed by atoms with Crippen molar-refractivity contribution in [2.24, 2.45) is 17.8 Å². The van der Waals surface area contributed by atoms with Crippen LogP contribution in [0.1, 0.15) is 24.0 Å². The van der Waals surface area contributed by atoms with Crippen LogP contribution in [0.5, 0.6) is 0 Å². The van der Waals surface area contributed by atoms with Crippen LogP contribution in [0, 0.1) is 17.8 Å². The van der Waals surface area contributed by atoms with E-state index >= 15 is 0 Å². The van der Waals surface area contributed by atoms with Gasteiger partial charge in [-0.2, -0.15) is 13.2 Å². The zero-order valence-corrected chi connectivity index (χ0v) is 14.1. The summed E-state index contributed by atoms with van der Waals surface area (Å²) in [6.07, 6.45) is -4.89. The Morgan fingerprint density at radius 2 is 1.72 bits per heavy atom. The van der Waals surface area contributed by atoms with E-state index in [-0.39, 0.29) is 18.4 Å². The summed E-state index contributed by atoms with van der Waals surface area (Å²) in [4.78, 5) is 22.9. The molecule has 136 valence electrons. The molecular formula is C16H13Cl2F3O4. The molecule has 0 bridgehead atoms. The number of hydrogen-bond acceptors (Lipinski definition) is 2. The number of halogens is 5. The number of aliphatic carboxylic acids is 2. The molecule has 2 fully saturated rings. The minimum atomic E-state index is -4.57. The second kappa shape index (κ2) is 5.51. The zero-order valence-electron chi connectivity index (χ0n) is 12.6. The van der Waals surface area contributed by atoms with Gasteiger partial charge in [0.05, 0.1) is 17.4 Å². The summed E-state index contributed by atoms with van der Waals surface area (Å²) in [7, 11) is 0. The number of benzene rings is 1. The molecule has 0 heterocycles. The summed E-state index contributed by atoms with van der Waals surface area (Å²) >= 11 is 12.6. The van der Waals surface area contributed by atoms with Gasteiger partial charge >= 0.3 is 18.1 Å². The number of carboxylic acids is 2. The molecule has 4 nitrogen and oxygen atoms in total. The lowest BCUT2D eigenvalue weighted by atomic mass is 9.71. The van der Waals surface area contributed by atoms with E-state index in [1.807, 2.05) is 0 Å². The third-order valence-corrected chi connectivity index (χ3v) is 6.60. The summed E-state index contributed by atoms with van der Waals surface area (Å²) < 4.78 is 37.5. The molecule has 2 aliphatic rings. The van der Waals surface area contributed by atoms with Gasteiger partial charge in [-0.3, -0.25) is 9.59 Å². The van der Waals surface area contributed by atoms with E-state index in [2.05, 4.69) is 0 Å². The van der Waals surface area contributed by atoms with Crippen molar-refractivity contribution in [1.82, 2.24) is 0 Å². The predicted molar refractivity (Wildman–Crippen MR) is 82.5 cm³/mol. The Bertz CT molecular complexity index is 749. The van der Waals surface area contributed by atoms with Gasteiger partial charge in [-0.15, -0.1) is 23.2 Å². The van der Waals surface area contributed by atoms with Crippen LogP contribution in [0.15, 0.2) is 24.3 Å². The molecule has 1 aromatic rings. The van der Waals surface area contributed by atoms with Crippen molar-refractivity contribution in [3.8, 4) is 0 Å². The predicted octanol–water partition coefficient (Wildman–Crippen LogP) is 3.94. The quantitative estimate of drug-likeness (QED) is 0.758. The molecule has 2 aliphatic carbocycles. The number of hydrogen-bond donors (Lipinski definition) is 2. The van der Waals surface area contributed by atoms with Crippen LogP contribution in [-0.2, 0) is 21.2 Å². The average molecular weight is 397 g/mol. The highest BCUT2D eigenvalue weighted by Crippen LogP contribution is 2.76. The molecular weight excluding hydrogens is 384 g/mol. The molecule has 0 saturated heterocycles. The van der Waals surface area contributed by atoms with E-state index in [1.165, 1.54) is 12.1 Å². The van der Waals surface area contributed by atoms with Crippen molar-refractivity contribution >= 4 is 35.1 Å². The van der Waals surface area contributed by atoms with Gasteiger partial charge in [-0.1, -0.05) is 18.2 Å². The minimum Gasteiger partial charge on any atom is -0.481 e. The molecule has 0 aliphatic heterocycles. The third-order valence-electron chi connectivity index (χ3n) is 5.40. The highest BCUT2D eigenvalue weighted by Gasteiger charge is 2.79. The number of alkyl halides is 5. The van der Waals surface area contributed by atoms with Gasteiger partial charge in [0.1, 0.15) is 4.33 Å². The van der Waals surface area contributed by atoms with E-state index < -0.39 is 51.2 Å². The maximum atomic E-state index is 13.0. The molecule has 0 amide bonds. The fourth-order valence-electron chi connectivity index (χ4n) is 4.08. The molecule has 0 spiro atoms. The van der Waals surface area contributed by atoms with Gasteiger partial charge in [0, 0.05) is 11.3 Å². The summed E-state index contributed by atoms with van der Waals surface area (Å²) in [5, 5.41) is 18.7. The van der Waals surface area contributed by atoms with E-state index in [4.69, 9.17) is 23.2 Å². The van der Waals surface area contributed by atoms with Crippen molar-refractivity contribution in [2.75, 3.05) is 0 Å². The molecule has 2 saturated carbocycles. The van der Waals surface area contributed by atoms with Crippen molar-refractivity contribution in [2.45, 2.75) is 28.8 Å². The van der Waals surface area contributed by atoms with Gasteiger partial charge in [0.25, 0.3) is 0 Å². The topological polar surface area (TPSA) is 74.6 Å². The van der Waals surface area contributed by atoms with Crippen LogP contribution >= 0.6 is 23.2 Å². The van der Waals surface area contributed by atoms with Crippen LogP contribution < -0.4 is 0 Å². The molecule has 0 aromatic heterocycles. The molecule has 25 heavy (non-hydrogen) atoms. The van der Waals surface area contributed by atoms with Gasteiger partial charge in [0.15, 0.2) is 0 Å². The standard InChI is InChI=1S/C16H13Cl2F3O4/c17-15(18)11-5-9(12(22)23)10(13(24)25)6-14(11,15)7-2-1-3-8(4-7)16(19,20)21/h1-4,9-11H,5-6H2,(H,22,23)(H,24,25)/t9-,10-,11?,14+/m0/s1. The molecule has 1 aromatic carbocycles. The lowest BCUT2D eigenvalue weighted by molar-refractivity contribution is -0.156. The normalized spacial score (nSPS) is 33.4. The first kappa shape index (κ1) is 18.3. The number of carbonyl (C=O) groups is 2. The average Bonchev–Trinajstić information content (AvgIpc) is 3.02. The molecule has 0 radical (unpaired) electrons. The molecule has 3 rings (SSSR count). The first-order chi connectivity index (χ1) is 11.4. The van der Waals surface area contributed by atoms with Crippen LogP contribution in [-0.4, -0.2) is 26.5 Å². The Kier molecular flexibility index (Phi) is 4.04. The zero-order chi connectivity index (χ0) is 18.8. The molecule has 9 heteroatoms. The Hall–Kier alpha value is -1.47. The van der Waals surface area contributed by atoms with E-state index in [0.29, 0.717) is 0 Å². The summed E-state index contributed by atoms with van der Waals surface area (Å²) in [5.74, 6) is -5.68. The first-order valence-corrected chi connectivity index (χ1v) is 8.19. The van der Waals surface area contributed by atoms with Crippen molar-refractivity contribution in [3.05, 3.63) is 35.4 Å². The minimum absolute atomic E-state index is 0.102. The summed E-state index contributed by atoms with van der Waals surface area (Å²) in [6.45, 7) is 0. The molecule has 2 N–H and O–H groups in total. The fourth-order valence-corrected chi connectivity index (χ4v) is 5.16. The largest absolute Gasteiger partial charge is 0.481 e. The van der Waals surface area contributed by atoms with Crippen molar-refractivity contribution in [1.29, 1.82) is 0 Å². The lowest BCUT2D eigenvalue weighted by Gasteiger charge is -2.31. The van der Waals surface area contributed by atoms with Crippen molar-refractivity contribution < 1.29 is 33.0 Å². The number of rotatable bonds is 3. The van der Waals surface area contributed by atoms with Gasteiger partial charge in [0.2, 0.25) is 0 Å². The summed E-state index contributed by atoms with van der Waals surface area (Å²) in [5.41, 5.74) is -1.90. The maximum absolute atomic E-state index is 13.0. The Labute approximate surface area is 150 Å². The Morgan fingerprint density at radius 3 is 2.24 bits per heavy atom. The van der Waals surface area contributed by atoms with E-state index in [0.717, 1.165) is 12.1 Å². The Morgan fingerprint density at radius 1 is 1.12 bits per heavy atom. The van der Waals surface area contributed by atoms with Crippen LogP contribution in [0.2, 0.25) is 0 Å². The Balaban J connectivity index is 2.06. The third kappa shape index (κ3) is 2.59. The SMILES string of the molecule is O=C(O)[C@H]1CC2C(Cl)(Cl)[C@@]2(c2cccc(C(F)(F)F)c2)C[C@@H]1C(=O)O. The lowest BCUT2D eigenvalue weighted by Crippen LogP contribution is -2.38. The van der Waals surface area contributed by atoms with Gasteiger partial charge < -0.3 is 10.2 Å². The van der Waals surface area contributed by atoms with Crippen LogP contribution in [0.4, 0.5) is 13.2 Å². The van der Waals surface area contributed by atoms with Gasteiger partial charge in [-0.05, 0) is 24.5 Å². The first-order valence-electron chi connectivity index (χ1n) is 7.44. The number of carboxylic acid groups (broad SMARTS) is 2. The second-order valence-corrected chi connectivity index (χ2v) is 7.94. The second-order valence-electron chi connectivity index (χ2n) is 6.55. The van der Waals surface area contributed by atoms with Crippen molar-refractivity contribution in [3.63, 3.8) is 0 Å². The summed E-state index contributed by atoms with van der Waals surface area (Å²) in [6, 6.07) is 4.46. The van der Waals surface area contributed by atoms with E-state index in [1.54, 1.807) is 0 Å². The number of fused-ring (bicyclic) bond motifs is 1. The molecule has 4 atom stereocenters. The van der Waals surface area contributed by atoms with Gasteiger partial charge in [-0.25, -0.2) is 0 Å². The monoisotopic (exact) mass is 396 g/mol. The molecule has 1 unspecified atom stereocenters. The van der Waals surface area contributed by atoms with Crippen LogP contribution in [0.25, 0.3) is 0 Å². The van der Waals surface area contributed by atoms with E-state index in [9.17, 15) is 33.0 Å². The highest BCUT2D eigenvalue weighted by molar-refractivity contribution is 6.52. The highest BCUT2D eigenvalue weighted by atomic mass is 35.5. The van der Waals surface area contributed by atoms with Crippen LogP contribution in [0.3, 0.4) is 0 Å². The smallest absolute Gasteiger partial charge is 0.416 e.